The van der Waals surface area contributed by atoms with E-state index in [4.69, 9.17) is 4.53 Å². The fourth-order valence-corrected chi connectivity index (χ4v) is 1.99. The maximum Gasteiger partial charge on any atom is 0.220 e. The summed E-state index contributed by atoms with van der Waals surface area (Å²) in [5.41, 5.74) is 0. The van der Waals surface area contributed by atoms with Crippen molar-refractivity contribution in [1.82, 2.24) is 5.06 Å². The van der Waals surface area contributed by atoms with E-state index in [-0.39, 0.29) is 0 Å². The van der Waals surface area contributed by atoms with E-state index in [1.165, 1.54) is 0 Å². The minimum absolute atomic E-state index is 0.301. The van der Waals surface area contributed by atoms with Crippen molar-refractivity contribution >= 4 is 8.32 Å². The van der Waals surface area contributed by atoms with Gasteiger partial charge in [0.05, 0.1) is 0 Å². The highest BCUT2D eigenvalue weighted by Crippen LogP contribution is 2.36. The van der Waals surface area contributed by atoms with Gasteiger partial charge in [-0.1, -0.05) is 34.6 Å². The molecule has 0 atom stereocenters. The molecule has 0 aliphatic rings. The highest BCUT2D eigenvalue weighted by molar-refractivity contribution is 6.74. The zero-order valence-corrected chi connectivity index (χ0v) is 11.3. The van der Waals surface area contributed by atoms with Gasteiger partial charge in [-0.2, -0.15) is 0 Å². The van der Waals surface area contributed by atoms with E-state index in [9.17, 15) is 0 Å². The Balaban J connectivity index is 4.31. The third-order valence-electron chi connectivity index (χ3n) is 2.87. The van der Waals surface area contributed by atoms with Crippen LogP contribution in [0.1, 0.15) is 34.6 Å². The van der Waals surface area contributed by atoms with Crippen molar-refractivity contribution in [2.24, 2.45) is 0 Å². The quantitative estimate of drug-likeness (QED) is 0.513. The first-order valence-corrected chi connectivity index (χ1v) is 8.09. The molecule has 0 amide bonds. The molecule has 0 aliphatic carbocycles. The first-order valence-electron chi connectivity index (χ1n) is 5.18. The predicted molar refractivity (Wildman–Crippen MR) is 61.2 cm³/mol. The van der Waals surface area contributed by atoms with Crippen LogP contribution in [0.15, 0.2) is 0 Å². The maximum absolute atomic E-state index is 6.07. The minimum atomic E-state index is -1.58. The summed E-state index contributed by atoms with van der Waals surface area (Å²) >= 11 is 0. The molecule has 0 aromatic rings. The first kappa shape index (κ1) is 13.1. The first-order chi connectivity index (χ1) is 5.74. The van der Waals surface area contributed by atoms with Crippen molar-refractivity contribution in [1.29, 1.82) is 0 Å². The molecule has 0 heterocycles. The average Bonchev–Trinajstić information content (AvgIpc) is 1.98. The molecule has 0 saturated carbocycles. The molecule has 13 heavy (non-hydrogen) atoms. The average molecular weight is 203 g/mol. The molecule has 0 N–H and O–H groups in total. The Morgan fingerprint density at radius 2 is 1.46 bits per heavy atom. The monoisotopic (exact) mass is 203 g/mol. The zero-order valence-electron chi connectivity index (χ0n) is 10.3. The van der Waals surface area contributed by atoms with Gasteiger partial charge in [0.2, 0.25) is 8.32 Å². The van der Waals surface area contributed by atoms with Crippen LogP contribution in [0.4, 0.5) is 0 Å². The maximum atomic E-state index is 6.07. The normalized spacial score (nSPS) is 13.8. The molecule has 0 radical (unpaired) electrons. The highest BCUT2D eigenvalue weighted by Gasteiger charge is 2.39. The Bertz CT molecular complexity index is 147. The van der Waals surface area contributed by atoms with Crippen LogP contribution in [-0.4, -0.2) is 26.5 Å². The second-order valence-electron chi connectivity index (χ2n) is 4.97. The van der Waals surface area contributed by atoms with Crippen molar-refractivity contribution in [3.63, 3.8) is 0 Å². The Morgan fingerprint density at radius 3 is 1.69 bits per heavy atom. The lowest BCUT2D eigenvalue weighted by Crippen LogP contribution is -2.46. The molecule has 3 heteroatoms. The van der Waals surface area contributed by atoms with Crippen molar-refractivity contribution < 1.29 is 4.53 Å². The van der Waals surface area contributed by atoms with Gasteiger partial charge in [0.1, 0.15) is 0 Å². The van der Waals surface area contributed by atoms with Crippen LogP contribution < -0.4 is 0 Å². The van der Waals surface area contributed by atoms with Crippen molar-refractivity contribution in [3.05, 3.63) is 0 Å². The summed E-state index contributed by atoms with van der Waals surface area (Å²) in [6.07, 6.45) is 0. The molecule has 0 fully saturated rings. The summed E-state index contributed by atoms with van der Waals surface area (Å²) in [4.78, 5) is 0. The molecule has 0 bridgehead atoms. The van der Waals surface area contributed by atoms with Crippen LogP contribution in [0.5, 0.6) is 0 Å². The summed E-state index contributed by atoms with van der Waals surface area (Å²) in [6, 6.07) is 0. The molecule has 0 unspecified atom stereocenters. The SMILES string of the molecule is CCN(CC)O[Si](C)(C)C(C)(C)C. The Hall–Kier alpha value is 0.137. The number of rotatable bonds is 4. The van der Waals surface area contributed by atoms with Crippen LogP contribution >= 0.6 is 0 Å². The molecular formula is C10H25NOSi. The van der Waals surface area contributed by atoms with Gasteiger partial charge in [-0.25, -0.2) is 5.06 Å². The Labute approximate surface area is 84.4 Å². The van der Waals surface area contributed by atoms with E-state index in [2.05, 4.69) is 52.8 Å². The van der Waals surface area contributed by atoms with Gasteiger partial charge in [-0.15, -0.1) is 0 Å². The van der Waals surface area contributed by atoms with Crippen LogP contribution in [0, 0.1) is 0 Å². The fraction of sp³-hybridized carbons (Fsp3) is 1.00. The van der Waals surface area contributed by atoms with E-state index in [0.29, 0.717) is 5.04 Å². The summed E-state index contributed by atoms with van der Waals surface area (Å²) in [5, 5.41) is 2.37. The van der Waals surface area contributed by atoms with Gasteiger partial charge in [0, 0.05) is 13.1 Å². The number of nitrogens with zero attached hydrogens (tertiary/aromatic N) is 1. The molecule has 0 aromatic carbocycles. The minimum Gasteiger partial charge on any atom is -0.343 e. The molecular weight excluding hydrogens is 178 g/mol. The summed E-state index contributed by atoms with van der Waals surface area (Å²) in [5.74, 6) is 0. The van der Waals surface area contributed by atoms with Gasteiger partial charge in [0.25, 0.3) is 0 Å². The predicted octanol–water partition coefficient (Wildman–Crippen LogP) is 3.27. The van der Waals surface area contributed by atoms with E-state index in [1.807, 2.05) is 0 Å². The van der Waals surface area contributed by atoms with Crippen LogP contribution in [-0.2, 0) is 4.53 Å². The molecule has 80 valence electrons. The number of hydroxylamine groups is 2. The van der Waals surface area contributed by atoms with Crippen molar-refractivity contribution in [3.8, 4) is 0 Å². The summed E-state index contributed by atoms with van der Waals surface area (Å²) < 4.78 is 6.07. The zero-order chi connectivity index (χ0) is 10.7. The van der Waals surface area contributed by atoms with Gasteiger partial charge in [0.15, 0.2) is 0 Å². The van der Waals surface area contributed by atoms with Gasteiger partial charge >= 0.3 is 0 Å². The molecule has 0 saturated heterocycles. The van der Waals surface area contributed by atoms with E-state index in [0.717, 1.165) is 13.1 Å². The van der Waals surface area contributed by atoms with E-state index < -0.39 is 8.32 Å². The fourth-order valence-electron chi connectivity index (χ4n) is 0.812. The van der Waals surface area contributed by atoms with Crippen molar-refractivity contribution in [2.75, 3.05) is 13.1 Å². The molecule has 0 aromatic heterocycles. The number of hydrogen-bond acceptors (Lipinski definition) is 2. The smallest absolute Gasteiger partial charge is 0.220 e. The largest absolute Gasteiger partial charge is 0.343 e. The highest BCUT2D eigenvalue weighted by atomic mass is 28.4. The van der Waals surface area contributed by atoms with Crippen LogP contribution in [0.2, 0.25) is 18.1 Å². The molecule has 0 spiro atoms. The second-order valence-corrected chi connectivity index (χ2v) is 9.67. The molecule has 0 rings (SSSR count). The number of hydrogen-bond donors (Lipinski definition) is 0. The van der Waals surface area contributed by atoms with E-state index >= 15 is 0 Å². The van der Waals surface area contributed by atoms with Crippen molar-refractivity contribution in [2.45, 2.75) is 52.8 Å². The lowest BCUT2D eigenvalue weighted by molar-refractivity contribution is -0.0639. The van der Waals surface area contributed by atoms with Gasteiger partial charge < -0.3 is 4.53 Å². The molecule has 0 aliphatic heterocycles. The van der Waals surface area contributed by atoms with Gasteiger partial charge in [-0.3, -0.25) is 0 Å². The van der Waals surface area contributed by atoms with Crippen LogP contribution in [0.3, 0.4) is 0 Å². The summed E-state index contributed by atoms with van der Waals surface area (Å²) in [6.45, 7) is 17.6. The van der Waals surface area contributed by atoms with Crippen LogP contribution in [0.25, 0.3) is 0 Å². The standard InChI is InChI=1S/C10H25NOSi/c1-8-11(9-2)12-13(6,7)10(3,4)5/h8-9H2,1-7H3. The Morgan fingerprint density at radius 1 is 1.08 bits per heavy atom. The lowest BCUT2D eigenvalue weighted by Gasteiger charge is -2.39. The van der Waals surface area contributed by atoms with Gasteiger partial charge in [-0.05, 0) is 18.1 Å². The van der Waals surface area contributed by atoms with E-state index in [1.54, 1.807) is 0 Å². The third kappa shape index (κ3) is 3.79. The molecule has 2 nitrogen and oxygen atoms in total. The lowest BCUT2D eigenvalue weighted by atomic mass is 10.2. The summed E-state index contributed by atoms with van der Waals surface area (Å²) in [7, 11) is -1.58. The second kappa shape index (κ2) is 4.58. The Kier molecular flexibility index (Phi) is 4.62. The topological polar surface area (TPSA) is 12.5 Å². The third-order valence-corrected chi connectivity index (χ3v) is 7.20.